The van der Waals surface area contributed by atoms with Crippen molar-refractivity contribution in [2.24, 2.45) is 11.7 Å². The first-order valence-electron chi connectivity index (χ1n) is 9.68. The van der Waals surface area contributed by atoms with Gasteiger partial charge in [0.1, 0.15) is 0 Å². The Morgan fingerprint density at radius 2 is 1.63 bits per heavy atom. The van der Waals surface area contributed by atoms with Crippen LogP contribution in [0.2, 0.25) is 0 Å². The molecular formula is C20H30ClN3O3. The minimum Gasteiger partial charge on any atom is -0.381 e. The van der Waals surface area contributed by atoms with E-state index in [2.05, 4.69) is 5.32 Å². The zero-order valence-corrected chi connectivity index (χ0v) is 16.5. The van der Waals surface area contributed by atoms with Crippen molar-refractivity contribution in [2.75, 3.05) is 31.6 Å². The van der Waals surface area contributed by atoms with Crippen LogP contribution in [-0.2, 0) is 9.53 Å². The Balaban J connectivity index is 0.00000261. The Bertz CT molecular complexity index is 609. The number of halogens is 1. The molecule has 2 heterocycles. The summed E-state index contributed by atoms with van der Waals surface area (Å²) in [6, 6.07) is 6.59. The van der Waals surface area contributed by atoms with E-state index >= 15 is 0 Å². The number of rotatable bonds is 4. The number of hydrogen-bond acceptors (Lipinski definition) is 4. The van der Waals surface area contributed by atoms with Crippen molar-refractivity contribution in [1.29, 1.82) is 0 Å². The van der Waals surface area contributed by atoms with E-state index in [1.807, 2.05) is 4.90 Å². The van der Waals surface area contributed by atoms with E-state index in [0.29, 0.717) is 24.5 Å². The fraction of sp³-hybridized carbons (Fsp3) is 0.600. The summed E-state index contributed by atoms with van der Waals surface area (Å²) in [5.41, 5.74) is 7.44. The number of carbonyl (C=O) groups excluding carboxylic acids is 2. The lowest BCUT2D eigenvalue weighted by Gasteiger charge is -2.26. The number of benzene rings is 1. The lowest BCUT2D eigenvalue weighted by molar-refractivity contribution is -0.119. The third kappa shape index (κ3) is 5.92. The van der Waals surface area contributed by atoms with Gasteiger partial charge in [0.05, 0.1) is 6.04 Å². The Hall–Kier alpha value is -1.63. The molecule has 3 rings (SSSR count). The van der Waals surface area contributed by atoms with Crippen LogP contribution in [0.5, 0.6) is 0 Å². The quantitative estimate of drug-likeness (QED) is 0.820. The first kappa shape index (κ1) is 21.7. The number of hydrogen-bond donors (Lipinski definition) is 2. The third-order valence-electron chi connectivity index (χ3n) is 5.37. The highest BCUT2D eigenvalue weighted by molar-refractivity contribution is 5.97. The molecule has 3 N–H and O–H groups in total. The Morgan fingerprint density at radius 3 is 2.22 bits per heavy atom. The molecule has 6 nitrogen and oxygen atoms in total. The minimum absolute atomic E-state index is 0. The zero-order chi connectivity index (χ0) is 18.4. The topological polar surface area (TPSA) is 84.7 Å². The minimum atomic E-state index is -0.530. The number of carbonyl (C=O) groups is 2. The van der Waals surface area contributed by atoms with Crippen LogP contribution in [0, 0.1) is 5.92 Å². The van der Waals surface area contributed by atoms with Crippen LogP contribution in [0.15, 0.2) is 24.3 Å². The highest BCUT2D eigenvalue weighted by Gasteiger charge is 2.26. The fourth-order valence-corrected chi connectivity index (χ4v) is 3.67. The second-order valence-corrected chi connectivity index (χ2v) is 7.25. The summed E-state index contributed by atoms with van der Waals surface area (Å²) in [5.74, 6) is 0.0554. The molecule has 150 valence electrons. The highest BCUT2D eigenvalue weighted by Crippen LogP contribution is 2.20. The van der Waals surface area contributed by atoms with Crippen LogP contribution in [0.1, 0.15) is 48.9 Å². The van der Waals surface area contributed by atoms with Gasteiger partial charge < -0.3 is 20.7 Å². The van der Waals surface area contributed by atoms with Crippen molar-refractivity contribution in [1.82, 2.24) is 4.90 Å². The number of nitrogens with zero attached hydrogens (tertiary/aromatic N) is 1. The molecule has 2 saturated heterocycles. The van der Waals surface area contributed by atoms with E-state index in [1.54, 1.807) is 24.3 Å². The summed E-state index contributed by atoms with van der Waals surface area (Å²) in [4.78, 5) is 26.9. The Morgan fingerprint density at radius 1 is 1.04 bits per heavy atom. The van der Waals surface area contributed by atoms with Crippen molar-refractivity contribution < 1.29 is 14.3 Å². The van der Waals surface area contributed by atoms with Crippen molar-refractivity contribution in [3.05, 3.63) is 29.8 Å². The monoisotopic (exact) mass is 395 g/mol. The second kappa shape index (κ2) is 10.6. The van der Waals surface area contributed by atoms with Gasteiger partial charge in [-0.1, -0.05) is 12.8 Å². The second-order valence-electron chi connectivity index (χ2n) is 7.25. The first-order valence-corrected chi connectivity index (χ1v) is 9.68. The van der Waals surface area contributed by atoms with Gasteiger partial charge in [0.2, 0.25) is 5.91 Å². The maximum atomic E-state index is 12.6. The standard InChI is InChI=1S/C20H29N3O3.ClH/c21-18(15-9-13-26-14-10-15)19(24)22-17-7-5-16(6-8-17)20(25)23-11-3-1-2-4-12-23;/h5-8,15,18H,1-4,9-14,21H2,(H,22,24);1H. The van der Waals surface area contributed by atoms with Crippen LogP contribution >= 0.6 is 12.4 Å². The van der Waals surface area contributed by atoms with Gasteiger partial charge in [-0.05, 0) is 55.9 Å². The summed E-state index contributed by atoms with van der Waals surface area (Å²) in [6.07, 6.45) is 6.17. The number of likely N-dealkylation sites (tertiary alicyclic amines) is 1. The smallest absolute Gasteiger partial charge is 0.253 e. The molecule has 7 heteroatoms. The molecule has 0 aliphatic carbocycles. The molecule has 0 saturated carbocycles. The predicted octanol–water partition coefficient (Wildman–Crippen LogP) is 2.82. The van der Waals surface area contributed by atoms with E-state index < -0.39 is 6.04 Å². The van der Waals surface area contributed by atoms with Crippen LogP contribution in [0.3, 0.4) is 0 Å². The van der Waals surface area contributed by atoms with Gasteiger partial charge in [0, 0.05) is 37.6 Å². The molecule has 1 atom stereocenters. The van der Waals surface area contributed by atoms with Crippen LogP contribution < -0.4 is 11.1 Å². The Labute approximate surface area is 167 Å². The molecule has 0 bridgehead atoms. The molecule has 2 fully saturated rings. The van der Waals surface area contributed by atoms with E-state index in [4.69, 9.17) is 10.5 Å². The lowest BCUT2D eigenvalue weighted by atomic mass is 9.92. The van der Waals surface area contributed by atoms with Crippen LogP contribution in [0.25, 0.3) is 0 Å². The third-order valence-corrected chi connectivity index (χ3v) is 5.37. The molecule has 0 aromatic heterocycles. The van der Waals surface area contributed by atoms with Crippen molar-refractivity contribution in [2.45, 2.75) is 44.6 Å². The molecule has 1 aromatic rings. The van der Waals surface area contributed by atoms with E-state index in [-0.39, 0.29) is 30.1 Å². The number of nitrogens with two attached hydrogens (primary N) is 1. The summed E-state index contributed by atoms with van der Waals surface area (Å²) in [7, 11) is 0. The van der Waals surface area contributed by atoms with Gasteiger partial charge in [-0.15, -0.1) is 12.4 Å². The highest BCUT2D eigenvalue weighted by atomic mass is 35.5. The van der Waals surface area contributed by atoms with Crippen LogP contribution in [0.4, 0.5) is 5.69 Å². The van der Waals surface area contributed by atoms with Crippen molar-refractivity contribution in [3.63, 3.8) is 0 Å². The molecule has 0 radical (unpaired) electrons. The number of anilines is 1. The molecular weight excluding hydrogens is 366 g/mol. The molecule has 2 aliphatic rings. The number of nitrogens with one attached hydrogen (secondary N) is 1. The van der Waals surface area contributed by atoms with Gasteiger partial charge in [0.15, 0.2) is 0 Å². The SMILES string of the molecule is Cl.NC(C(=O)Nc1ccc(C(=O)N2CCCCCC2)cc1)C1CCOCC1. The largest absolute Gasteiger partial charge is 0.381 e. The average molecular weight is 396 g/mol. The van der Waals surface area contributed by atoms with Gasteiger partial charge in [-0.3, -0.25) is 9.59 Å². The molecule has 2 aliphatic heterocycles. The summed E-state index contributed by atoms with van der Waals surface area (Å²) < 4.78 is 5.32. The van der Waals surface area contributed by atoms with Gasteiger partial charge >= 0.3 is 0 Å². The van der Waals surface area contributed by atoms with Crippen LogP contribution in [-0.4, -0.2) is 49.1 Å². The maximum absolute atomic E-state index is 12.6. The summed E-state index contributed by atoms with van der Waals surface area (Å²) in [6.45, 7) is 2.99. The summed E-state index contributed by atoms with van der Waals surface area (Å²) in [5, 5.41) is 2.87. The van der Waals surface area contributed by atoms with Gasteiger partial charge in [-0.25, -0.2) is 0 Å². The van der Waals surface area contributed by atoms with E-state index in [0.717, 1.165) is 38.8 Å². The Kier molecular flexibility index (Phi) is 8.54. The molecule has 1 unspecified atom stereocenters. The van der Waals surface area contributed by atoms with E-state index in [1.165, 1.54) is 12.8 Å². The fourth-order valence-electron chi connectivity index (χ4n) is 3.67. The normalized spacial score (nSPS) is 19.5. The molecule has 1 aromatic carbocycles. The van der Waals surface area contributed by atoms with E-state index in [9.17, 15) is 9.59 Å². The van der Waals surface area contributed by atoms with Gasteiger partial charge in [0.25, 0.3) is 5.91 Å². The molecule has 27 heavy (non-hydrogen) atoms. The lowest BCUT2D eigenvalue weighted by Crippen LogP contribution is -2.44. The predicted molar refractivity (Wildman–Crippen MR) is 108 cm³/mol. The van der Waals surface area contributed by atoms with Gasteiger partial charge in [-0.2, -0.15) is 0 Å². The zero-order valence-electron chi connectivity index (χ0n) is 15.7. The average Bonchev–Trinajstić information content (AvgIpc) is 2.97. The maximum Gasteiger partial charge on any atom is 0.253 e. The number of ether oxygens (including phenoxy) is 1. The molecule has 2 amide bonds. The van der Waals surface area contributed by atoms with Crippen molar-refractivity contribution in [3.8, 4) is 0 Å². The van der Waals surface area contributed by atoms with Crippen molar-refractivity contribution >= 4 is 29.9 Å². The molecule has 0 spiro atoms. The first-order chi connectivity index (χ1) is 12.6. The summed E-state index contributed by atoms with van der Waals surface area (Å²) >= 11 is 0. The number of amides is 2.